The Morgan fingerprint density at radius 3 is 2.61 bits per heavy atom. The third-order valence-electron chi connectivity index (χ3n) is 5.38. The van der Waals surface area contributed by atoms with E-state index in [1.807, 2.05) is 6.92 Å². The molecule has 11 heteroatoms. The minimum Gasteiger partial charge on any atom is -0.382 e. The van der Waals surface area contributed by atoms with E-state index in [1.165, 1.54) is 23.1 Å². The maximum Gasteiger partial charge on any atom is 0.247 e. The first-order valence-corrected chi connectivity index (χ1v) is 10.8. The second kappa shape index (κ2) is 9.22. The molecule has 0 saturated heterocycles. The van der Waals surface area contributed by atoms with Crippen molar-refractivity contribution in [2.75, 3.05) is 16.4 Å². The van der Waals surface area contributed by atoms with Gasteiger partial charge in [0.2, 0.25) is 11.9 Å². The molecule has 0 atom stereocenters. The Bertz CT molecular complexity index is 1610. The van der Waals surface area contributed by atoms with Crippen LogP contribution in [0.4, 0.5) is 27.5 Å². The summed E-state index contributed by atoms with van der Waals surface area (Å²) >= 11 is 0. The number of nitrogens with one attached hydrogen (secondary N) is 2. The van der Waals surface area contributed by atoms with Crippen LogP contribution in [0.2, 0.25) is 0 Å². The molecule has 0 aliphatic carbocycles. The van der Waals surface area contributed by atoms with Crippen molar-refractivity contribution in [3.8, 4) is 22.4 Å². The van der Waals surface area contributed by atoms with Crippen LogP contribution in [-0.2, 0) is 4.79 Å². The van der Waals surface area contributed by atoms with Crippen LogP contribution in [-0.4, -0.2) is 35.7 Å². The van der Waals surface area contributed by atoms with E-state index in [2.05, 4.69) is 42.4 Å². The van der Waals surface area contributed by atoms with Crippen LogP contribution in [0.1, 0.15) is 5.69 Å². The van der Waals surface area contributed by atoms with E-state index in [-0.39, 0.29) is 17.4 Å². The van der Waals surface area contributed by atoms with Crippen molar-refractivity contribution >= 4 is 34.6 Å². The summed E-state index contributed by atoms with van der Waals surface area (Å²) in [5.74, 6) is -0.343. The normalized spacial score (nSPS) is 10.8. The smallest absolute Gasteiger partial charge is 0.247 e. The van der Waals surface area contributed by atoms with Crippen LogP contribution in [0.5, 0.6) is 0 Å². The van der Waals surface area contributed by atoms with Crippen LogP contribution in [0, 0.1) is 12.7 Å². The van der Waals surface area contributed by atoms with Crippen LogP contribution in [0.25, 0.3) is 27.9 Å². The van der Waals surface area contributed by atoms with Crippen LogP contribution in [0.3, 0.4) is 0 Å². The van der Waals surface area contributed by atoms with Crippen molar-refractivity contribution in [3.63, 3.8) is 0 Å². The number of nitrogens with two attached hydrogens (primary N) is 1. The van der Waals surface area contributed by atoms with Gasteiger partial charge in [-0.05, 0) is 48.9 Å². The van der Waals surface area contributed by atoms with E-state index in [0.717, 1.165) is 5.69 Å². The topological polar surface area (TPSA) is 136 Å². The molecular formula is C25H20FN9O. The number of benzene rings is 2. The Morgan fingerprint density at radius 1 is 1.11 bits per heavy atom. The summed E-state index contributed by atoms with van der Waals surface area (Å²) in [5.41, 5.74) is 10.5. The fourth-order valence-corrected chi connectivity index (χ4v) is 3.70. The SMILES string of the molecule is C=CC(=O)Nc1ccc(-c2nn3ncnc(N)c3c2-c2ccc(Nc3nccc(C)n3)c(F)c2)cc1. The highest BCUT2D eigenvalue weighted by molar-refractivity contribution is 5.99. The summed E-state index contributed by atoms with van der Waals surface area (Å²) < 4.78 is 16.6. The van der Waals surface area contributed by atoms with Crippen molar-refractivity contribution in [2.45, 2.75) is 6.92 Å². The molecule has 0 saturated carbocycles. The fraction of sp³-hybridized carbons (Fsp3) is 0.0400. The van der Waals surface area contributed by atoms with Gasteiger partial charge in [0, 0.05) is 28.7 Å². The summed E-state index contributed by atoms with van der Waals surface area (Å²) in [6.07, 6.45) is 4.08. The first-order chi connectivity index (χ1) is 17.4. The Labute approximate surface area is 204 Å². The second-order valence-corrected chi connectivity index (χ2v) is 7.82. The van der Waals surface area contributed by atoms with Gasteiger partial charge in [0.1, 0.15) is 23.4 Å². The predicted molar refractivity (Wildman–Crippen MR) is 135 cm³/mol. The predicted octanol–water partition coefficient (Wildman–Crippen LogP) is 4.15. The zero-order valence-electron chi connectivity index (χ0n) is 19.1. The van der Waals surface area contributed by atoms with Crippen molar-refractivity contribution < 1.29 is 9.18 Å². The molecule has 0 aliphatic rings. The lowest BCUT2D eigenvalue weighted by molar-refractivity contribution is -0.111. The van der Waals surface area contributed by atoms with Gasteiger partial charge in [0.15, 0.2) is 5.82 Å². The lowest BCUT2D eigenvalue weighted by Gasteiger charge is -2.10. The summed E-state index contributed by atoms with van der Waals surface area (Å²) in [7, 11) is 0. The Balaban J connectivity index is 1.59. The number of nitrogens with zero attached hydrogens (tertiary/aromatic N) is 6. The molecule has 36 heavy (non-hydrogen) atoms. The number of nitrogen functional groups attached to an aromatic ring is 1. The van der Waals surface area contributed by atoms with E-state index in [0.29, 0.717) is 39.5 Å². The van der Waals surface area contributed by atoms with E-state index >= 15 is 4.39 Å². The molecule has 0 radical (unpaired) electrons. The average molecular weight is 481 g/mol. The molecule has 0 fully saturated rings. The molecule has 1 amide bonds. The molecule has 4 N–H and O–H groups in total. The van der Waals surface area contributed by atoms with Gasteiger partial charge in [-0.2, -0.15) is 0 Å². The highest BCUT2D eigenvalue weighted by Crippen LogP contribution is 2.38. The van der Waals surface area contributed by atoms with E-state index in [9.17, 15) is 4.79 Å². The summed E-state index contributed by atoms with van der Waals surface area (Å²) in [6.45, 7) is 5.27. The number of aromatic nitrogens is 6. The Morgan fingerprint density at radius 2 is 1.89 bits per heavy atom. The van der Waals surface area contributed by atoms with Crippen molar-refractivity contribution in [1.82, 2.24) is 29.8 Å². The number of hydrogen-bond acceptors (Lipinski definition) is 8. The summed E-state index contributed by atoms with van der Waals surface area (Å²) in [4.78, 5) is 24.1. The molecule has 10 nitrogen and oxygen atoms in total. The van der Waals surface area contributed by atoms with E-state index < -0.39 is 5.82 Å². The van der Waals surface area contributed by atoms with Gasteiger partial charge < -0.3 is 16.4 Å². The molecule has 5 aromatic rings. The van der Waals surface area contributed by atoms with Crippen LogP contribution < -0.4 is 16.4 Å². The van der Waals surface area contributed by atoms with Gasteiger partial charge in [0.05, 0.1) is 5.69 Å². The van der Waals surface area contributed by atoms with Crippen LogP contribution in [0.15, 0.2) is 73.7 Å². The third kappa shape index (κ3) is 4.32. The number of hydrogen-bond donors (Lipinski definition) is 3. The molecule has 3 aromatic heterocycles. The van der Waals surface area contributed by atoms with Crippen molar-refractivity contribution in [2.24, 2.45) is 0 Å². The second-order valence-electron chi connectivity index (χ2n) is 7.82. The highest BCUT2D eigenvalue weighted by Gasteiger charge is 2.21. The first-order valence-electron chi connectivity index (χ1n) is 10.8. The summed E-state index contributed by atoms with van der Waals surface area (Å²) in [6, 6.07) is 13.5. The molecule has 0 spiro atoms. The minimum absolute atomic E-state index is 0.199. The van der Waals surface area contributed by atoms with Crippen molar-refractivity contribution in [3.05, 3.63) is 85.2 Å². The van der Waals surface area contributed by atoms with Gasteiger partial charge in [-0.3, -0.25) is 4.79 Å². The standard InChI is InChI=1S/C25H20FN9O/c1-3-20(36)32-17-7-4-15(5-8-17)22-21(23-24(27)29-13-30-35(23)34-22)16-6-9-19(18(26)12-16)33-25-28-11-10-14(2)31-25/h3-13H,1H2,2H3,(H,32,36)(H2,27,29,30)(H,28,31,33). The minimum atomic E-state index is -0.513. The number of carbonyl (C=O) groups is 1. The zero-order chi connectivity index (χ0) is 25.2. The average Bonchev–Trinajstić information content (AvgIpc) is 3.27. The van der Waals surface area contributed by atoms with E-state index in [1.54, 1.807) is 48.7 Å². The molecule has 0 aliphatic heterocycles. The van der Waals surface area contributed by atoms with Gasteiger partial charge in [-0.1, -0.05) is 24.8 Å². The lowest BCUT2D eigenvalue weighted by atomic mass is 9.99. The maximum atomic E-state index is 15.2. The number of anilines is 4. The molecule has 0 bridgehead atoms. The number of amides is 1. The quantitative estimate of drug-likeness (QED) is 0.308. The van der Waals surface area contributed by atoms with Gasteiger partial charge in [-0.25, -0.2) is 19.3 Å². The lowest BCUT2D eigenvalue weighted by Crippen LogP contribution is -2.06. The Hall–Kier alpha value is -5.19. The number of halogens is 1. The number of fused-ring (bicyclic) bond motifs is 1. The molecule has 5 rings (SSSR count). The van der Waals surface area contributed by atoms with Crippen molar-refractivity contribution in [1.29, 1.82) is 0 Å². The third-order valence-corrected chi connectivity index (χ3v) is 5.38. The molecule has 0 unspecified atom stereocenters. The molecule has 3 heterocycles. The number of rotatable bonds is 6. The fourth-order valence-electron chi connectivity index (χ4n) is 3.70. The van der Waals surface area contributed by atoms with Gasteiger partial charge in [-0.15, -0.1) is 14.8 Å². The first kappa shape index (κ1) is 22.6. The summed E-state index contributed by atoms with van der Waals surface area (Å²) in [5, 5.41) is 14.3. The van der Waals surface area contributed by atoms with Crippen LogP contribution >= 0.6 is 0 Å². The molecule has 178 valence electrons. The number of carbonyl (C=O) groups excluding carboxylic acids is 1. The molecule has 2 aromatic carbocycles. The highest BCUT2D eigenvalue weighted by atomic mass is 19.1. The zero-order valence-corrected chi connectivity index (χ0v) is 19.1. The number of aryl methyl sites for hydroxylation is 1. The monoisotopic (exact) mass is 481 g/mol. The molecular weight excluding hydrogens is 461 g/mol. The van der Waals surface area contributed by atoms with Gasteiger partial charge >= 0.3 is 0 Å². The maximum absolute atomic E-state index is 15.2. The van der Waals surface area contributed by atoms with Gasteiger partial charge in [0.25, 0.3) is 0 Å². The largest absolute Gasteiger partial charge is 0.382 e. The van der Waals surface area contributed by atoms with E-state index in [4.69, 9.17) is 5.73 Å². The Kier molecular flexibility index (Phi) is 5.79.